The smallest absolute Gasteiger partial charge is 0.264 e. The molecule has 0 aliphatic heterocycles. The van der Waals surface area contributed by atoms with E-state index in [9.17, 15) is 13.2 Å². The monoisotopic (exact) mass is 346 g/mol. The Hall–Kier alpha value is -2.34. The quantitative estimate of drug-likeness (QED) is 0.873. The van der Waals surface area contributed by atoms with Gasteiger partial charge >= 0.3 is 0 Å². The van der Waals surface area contributed by atoms with Crippen molar-refractivity contribution in [1.82, 2.24) is 0 Å². The van der Waals surface area contributed by atoms with Gasteiger partial charge in [0.25, 0.3) is 15.9 Å². The van der Waals surface area contributed by atoms with Gasteiger partial charge in [-0.05, 0) is 42.2 Å². The van der Waals surface area contributed by atoms with Gasteiger partial charge in [-0.3, -0.25) is 9.10 Å². The van der Waals surface area contributed by atoms with Crippen molar-refractivity contribution in [1.29, 1.82) is 0 Å². The number of carbonyl (C=O) groups excluding carboxylic acids is 1. The number of rotatable bonds is 6. The number of primary amides is 1. The van der Waals surface area contributed by atoms with Gasteiger partial charge in [0.15, 0.2) is 0 Å². The van der Waals surface area contributed by atoms with Gasteiger partial charge in [0, 0.05) is 7.05 Å². The van der Waals surface area contributed by atoms with Crippen molar-refractivity contribution in [2.24, 2.45) is 11.7 Å². The summed E-state index contributed by atoms with van der Waals surface area (Å²) >= 11 is 0. The van der Waals surface area contributed by atoms with Crippen molar-refractivity contribution in [2.75, 3.05) is 11.4 Å². The summed E-state index contributed by atoms with van der Waals surface area (Å²) in [6.45, 7) is 4.22. The Balaban J connectivity index is 2.38. The maximum atomic E-state index is 12.8. The summed E-state index contributed by atoms with van der Waals surface area (Å²) in [6.07, 6.45) is 0.890. The molecule has 2 aromatic rings. The topological polar surface area (TPSA) is 80.5 Å². The average Bonchev–Trinajstić information content (AvgIpc) is 2.54. The average molecular weight is 346 g/mol. The van der Waals surface area contributed by atoms with E-state index >= 15 is 0 Å². The van der Waals surface area contributed by atoms with Gasteiger partial charge in [0.1, 0.15) is 0 Å². The van der Waals surface area contributed by atoms with Crippen molar-refractivity contribution in [3.63, 3.8) is 0 Å². The first-order chi connectivity index (χ1) is 11.2. The van der Waals surface area contributed by atoms with Crippen molar-refractivity contribution in [3.05, 3.63) is 59.7 Å². The molecule has 2 aromatic carbocycles. The minimum atomic E-state index is -3.77. The van der Waals surface area contributed by atoms with E-state index in [1.54, 1.807) is 30.3 Å². The van der Waals surface area contributed by atoms with Crippen molar-refractivity contribution in [2.45, 2.75) is 25.2 Å². The minimum absolute atomic E-state index is 0.167. The molecule has 0 heterocycles. The number of nitrogens with two attached hydrogens (primary N) is 1. The molecule has 6 heteroatoms. The van der Waals surface area contributed by atoms with Crippen LogP contribution in [0.2, 0.25) is 0 Å². The Labute approximate surface area is 143 Å². The number of sulfonamides is 1. The molecule has 24 heavy (non-hydrogen) atoms. The zero-order valence-corrected chi connectivity index (χ0v) is 14.9. The van der Waals surface area contributed by atoms with Crippen LogP contribution in [-0.4, -0.2) is 21.4 Å². The molecular weight excluding hydrogens is 324 g/mol. The second-order valence-corrected chi connectivity index (χ2v) is 8.07. The second kappa shape index (κ2) is 7.05. The predicted octanol–water partition coefficient (Wildman–Crippen LogP) is 2.81. The molecular formula is C18H22N2O3S. The minimum Gasteiger partial charge on any atom is -0.366 e. The van der Waals surface area contributed by atoms with E-state index < -0.39 is 15.9 Å². The van der Waals surface area contributed by atoms with Crippen molar-refractivity contribution < 1.29 is 13.2 Å². The van der Waals surface area contributed by atoms with E-state index in [2.05, 4.69) is 13.8 Å². The molecule has 0 fully saturated rings. The highest BCUT2D eigenvalue weighted by molar-refractivity contribution is 7.92. The Morgan fingerprint density at radius 2 is 1.67 bits per heavy atom. The molecule has 1 amide bonds. The fourth-order valence-corrected chi connectivity index (χ4v) is 3.73. The lowest BCUT2D eigenvalue weighted by Crippen LogP contribution is -2.29. The van der Waals surface area contributed by atoms with Crippen LogP contribution in [0.15, 0.2) is 53.4 Å². The Morgan fingerprint density at radius 1 is 1.08 bits per heavy atom. The maximum absolute atomic E-state index is 12.8. The van der Waals surface area contributed by atoms with Gasteiger partial charge in [0.2, 0.25) is 0 Å². The first-order valence-electron chi connectivity index (χ1n) is 7.70. The van der Waals surface area contributed by atoms with Gasteiger partial charge < -0.3 is 5.73 Å². The van der Waals surface area contributed by atoms with Gasteiger partial charge in [-0.2, -0.15) is 0 Å². The Bertz CT molecular complexity index is 828. The van der Waals surface area contributed by atoms with Crippen LogP contribution in [0.25, 0.3) is 0 Å². The number of nitrogens with zero attached hydrogens (tertiary/aromatic N) is 1. The third-order valence-electron chi connectivity index (χ3n) is 3.73. The van der Waals surface area contributed by atoms with E-state index in [-0.39, 0.29) is 16.1 Å². The van der Waals surface area contributed by atoms with E-state index in [0.717, 1.165) is 16.3 Å². The highest BCUT2D eigenvalue weighted by atomic mass is 32.2. The summed E-state index contributed by atoms with van der Waals surface area (Å²) in [7, 11) is -2.35. The van der Waals surface area contributed by atoms with Gasteiger partial charge in [-0.1, -0.05) is 38.1 Å². The van der Waals surface area contributed by atoms with Crippen molar-refractivity contribution >= 4 is 21.6 Å². The molecule has 0 aliphatic carbocycles. The summed E-state index contributed by atoms with van der Waals surface area (Å²) in [4.78, 5) is 11.7. The van der Waals surface area contributed by atoms with Crippen LogP contribution in [0.3, 0.4) is 0 Å². The number of amides is 1. The van der Waals surface area contributed by atoms with Crippen LogP contribution >= 0.6 is 0 Å². The van der Waals surface area contributed by atoms with Crippen LogP contribution in [-0.2, 0) is 16.4 Å². The molecule has 2 N–H and O–H groups in total. The molecule has 0 saturated heterocycles. The number of hydrogen-bond acceptors (Lipinski definition) is 3. The number of carbonyl (C=O) groups is 1. The number of hydrogen-bond donors (Lipinski definition) is 1. The largest absolute Gasteiger partial charge is 0.366 e. The predicted molar refractivity (Wildman–Crippen MR) is 95.5 cm³/mol. The summed E-state index contributed by atoms with van der Waals surface area (Å²) in [5.74, 6) is -0.169. The zero-order chi connectivity index (χ0) is 17.9. The van der Waals surface area contributed by atoms with E-state index in [0.29, 0.717) is 5.92 Å². The molecule has 0 atom stereocenters. The number of benzene rings is 2. The van der Waals surface area contributed by atoms with E-state index in [4.69, 9.17) is 5.73 Å². The SMILES string of the molecule is CC(C)Cc1ccc(S(=O)(=O)N(C)c2ccccc2C(N)=O)cc1. The zero-order valence-electron chi connectivity index (χ0n) is 14.1. The normalized spacial score (nSPS) is 11.5. The molecule has 0 aliphatic rings. The molecule has 0 unspecified atom stereocenters. The van der Waals surface area contributed by atoms with Crippen LogP contribution < -0.4 is 10.0 Å². The van der Waals surface area contributed by atoms with Crippen molar-refractivity contribution in [3.8, 4) is 0 Å². The van der Waals surface area contributed by atoms with Gasteiger partial charge in [-0.25, -0.2) is 8.42 Å². The fourth-order valence-electron chi connectivity index (χ4n) is 2.51. The molecule has 0 saturated carbocycles. The maximum Gasteiger partial charge on any atom is 0.264 e. The standard InChI is InChI=1S/C18H22N2O3S/c1-13(2)12-14-8-10-15(11-9-14)24(22,23)20(3)17-7-5-4-6-16(17)18(19)21/h4-11,13H,12H2,1-3H3,(H2,19,21). The number of anilines is 1. The molecule has 0 spiro atoms. The van der Waals surface area contributed by atoms with E-state index in [1.165, 1.54) is 13.1 Å². The second-order valence-electron chi connectivity index (χ2n) is 6.10. The lowest BCUT2D eigenvalue weighted by molar-refractivity contribution is 0.100. The Kier molecular flexibility index (Phi) is 5.29. The molecule has 128 valence electrons. The van der Waals surface area contributed by atoms with Gasteiger partial charge in [0.05, 0.1) is 16.1 Å². The molecule has 0 radical (unpaired) electrons. The Morgan fingerprint density at radius 3 is 2.21 bits per heavy atom. The molecule has 5 nitrogen and oxygen atoms in total. The third-order valence-corrected chi connectivity index (χ3v) is 5.52. The van der Waals surface area contributed by atoms with Crippen LogP contribution in [0.5, 0.6) is 0 Å². The fraction of sp³-hybridized carbons (Fsp3) is 0.278. The highest BCUT2D eigenvalue weighted by Crippen LogP contribution is 2.25. The lowest BCUT2D eigenvalue weighted by Gasteiger charge is -2.21. The lowest BCUT2D eigenvalue weighted by atomic mass is 10.0. The third kappa shape index (κ3) is 3.76. The summed E-state index contributed by atoms with van der Waals surface area (Å²) < 4.78 is 26.7. The van der Waals surface area contributed by atoms with Crippen LogP contribution in [0.4, 0.5) is 5.69 Å². The molecule has 0 bridgehead atoms. The molecule has 2 rings (SSSR count). The number of para-hydroxylation sites is 1. The van der Waals surface area contributed by atoms with E-state index in [1.807, 2.05) is 12.1 Å². The highest BCUT2D eigenvalue weighted by Gasteiger charge is 2.24. The summed E-state index contributed by atoms with van der Waals surface area (Å²) in [5, 5.41) is 0. The summed E-state index contributed by atoms with van der Waals surface area (Å²) in [5.41, 5.74) is 6.85. The first-order valence-corrected chi connectivity index (χ1v) is 9.14. The van der Waals surface area contributed by atoms with Crippen LogP contribution in [0.1, 0.15) is 29.8 Å². The van der Waals surface area contributed by atoms with Gasteiger partial charge in [-0.15, -0.1) is 0 Å². The van der Waals surface area contributed by atoms with Crippen LogP contribution in [0, 0.1) is 5.92 Å². The molecule has 0 aromatic heterocycles. The summed E-state index contributed by atoms with van der Waals surface area (Å²) in [6, 6.07) is 13.2. The first kappa shape index (κ1) is 18.0.